The van der Waals surface area contributed by atoms with Gasteiger partial charge in [-0.3, -0.25) is 0 Å². The number of aromatic amines is 1. The number of imidazole rings is 1. The largest absolute Gasteiger partial charge is 0.339 e. The van der Waals surface area contributed by atoms with Gasteiger partial charge >= 0.3 is 0 Å². The average Bonchev–Trinajstić information content (AvgIpc) is 2.73. The van der Waals surface area contributed by atoms with Gasteiger partial charge in [-0.2, -0.15) is 5.26 Å². The minimum Gasteiger partial charge on any atom is -0.339 e. The molecule has 5 heteroatoms. The molecule has 16 heavy (non-hydrogen) atoms. The Morgan fingerprint density at radius 2 is 2.38 bits per heavy atom. The van der Waals surface area contributed by atoms with Gasteiger partial charge in [0.15, 0.2) is 0 Å². The lowest BCUT2D eigenvalue weighted by Crippen LogP contribution is -2.00. The zero-order chi connectivity index (χ0) is 11.0. The number of H-pyrrole nitrogens is 1. The Hall–Kier alpha value is -1.93. The number of nitrogens with one attached hydrogen (secondary N) is 2. The van der Waals surface area contributed by atoms with E-state index < -0.39 is 0 Å². The van der Waals surface area contributed by atoms with Crippen LogP contribution in [0.2, 0.25) is 0 Å². The van der Waals surface area contributed by atoms with E-state index in [1.807, 2.05) is 18.2 Å². The van der Waals surface area contributed by atoms with Crippen molar-refractivity contribution in [1.82, 2.24) is 9.97 Å². The van der Waals surface area contributed by atoms with E-state index in [1.54, 1.807) is 18.1 Å². The Bertz CT molecular complexity index is 582. The van der Waals surface area contributed by atoms with Gasteiger partial charge < -0.3 is 10.3 Å². The van der Waals surface area contributed by atoms with Crippen molar-refractivity contribution in [3.8, 4) is 6.07 Å². The van der Waals surface area contributed by atoms with Gasteiger partial charge in [0.05, 0.1) is 24.5 Å². The number of nitriles is 1. The van der Waals surface area contributed by atoms with E-state index in [2.05, 4.69) is 21.4 Å². The summed E-state index contributed by atoms with van der Waals surface area (Å²) in [5, 5.41) is 12.9. The summed E-state index contributed by atoms with van der Waals surface area (Å²) in [5.74, 6) is 0.923. The second-order valence-electron chi connectivity index (χ2n) is 3.48. The van der Waals surface area contributed by atoms with Crippen molar-refractivity contribution in [3.63, 3.8) is 0 Å². The molecule has 78 valence electrons. The normalized spacial score (nSPS) is 12.2. The van der Waals surface area contributed by atoms with Crippen molar-refractivity contribution in [2.24, 2.45) is 0 Å². The molecule has 2 aromatic rings. The van der Waals surface area contributed by atoms with Crippen LogP contribution in [0, 0.1) is 11.3 Å². The topological polar surface area (TPSA) is 64.5 Å². The lowest BCUT2D eigenvalue weighted by atomic mass is 10.1. The maximum Gasteiger partial charge on any atom is 0.143 e. The van der Waals surface area contributed by atoms with Crippen LogP contribution < -0.4 is 5.32 Å². The van der Waals surface area contributed by atoms with Gasteiger partial charge in [-0.05, 0) is 17.7 Å². The first-order valence-corrected chi connectivity index (χ1v) is 5.66. The maximum atomic E-state index is 8.66. The molecule has 0 aliphatic carbocycles. The number of hydrogen-bond donors (Lipinski definition) is 2. The molecule has 0 unspecified atom stereocenters. The van der Waals surface area contributed by atoms with Crippen LogP contribution in [-0.4, -0.2) is 9.97 Å². The summed E-state index contributed by atoms with van der Waals surface area (Å²) in [6.45, 7) is 0. The quantitative estimate of drug-likeness (QED) is 0.672. The van der Waals surface area contributed by atoms with Gasteiger partial charge in [-0.15, -0.1) is 0 Å². The van der Waals surface area contributed by atoms with E-state index in [-0.39, 0.29) is 0 Å². The molecule has 0 saturated carbocycles. The fourth-order valence-corrected chi connectivity index (χ4v) is 2.53. The molecular formula is C11H8N4S. The van der Waals surface area contributed by atoms with Crippen LogP contribution in [0.15, 0.2) is 34.4 Å². The summed E-state index contributed by atoms with van der Waals surface area (Å²) < 4.78 is 0. The van der Waals surface area contributed by atoms with Crippen LogP contribution in [-0.2, 0) is 6.42 Å². The monoisotopic (exact) mass is 228 g/mol. The Labute approximate surface area is 96.7 Å². The van der Waals surface area contributed by atoms with Crippen LogP contribution in [0.3, 0.4) is 0 Å². The first-order chi connectivity index (χ1) is 7.86. The molecule has 0 radical (unpaired) electrons. The number of fused-ring (bicyclic) bond motifs is 2. The third-order valence-corrected chi connectivity index (χ3v) is 3.48. The smallest absolute Gasteiger partial charge is 0.143 e. The minimum absolute atomic E-state index is 0.440. The van der Waals surface area contributed by atoms with E-state index in [1.165, 1.54) is 0 Å². The minimum atomic E-state index is 0.440. The van der Waals surface area contributed by atoms with Crippen LogP contribution >= 0.6 is 11.8 Å². The summed E-state index contributed by atoms with van der Waals surface area (Å²) in [4.78, 5) is 8.39. The molecule has 1 aliphatic heterocycles. The molecule has 4 nitrogen and oxygen atoms in total. The zero-order valence-corrected chi connectivity index (χ0v) is 9.14. The van der Waals surface area contributed by atoms with Crippen molar-refractivity contribution >= 4 is 23.3 Å². The Morgan fingerprint density at radius 1 is 1.44 bits per heavy atom. The van der Waals surface area contributed by atoms with Gasteiger partial charge in [-0.1, -0.05) is 17.8 Å². The van der Waals surface area contributed by atoms with Crippen LogP contribution in [0.1, 0.15) is 5.56 Å². The molecule has 0 fully saturated rings. The molecule has 0 atom stereocenters. The highest BCUT2D eigenvalue weighted by Gasteiger charge is 2.17. The Kier molecular flexibility index (Phi) is 2.08. The van der Waals surface area contributed by atoms with E-state index in [0.29, 0.717) is 6.42 Å². The van der Waals surface area contributed by atoms with E-state index in [4.69, 9.17) is 5.26 Å². The van der Waals surface area contributed by atoms with Gasteiger partial charge in [-0.25, -0.2) is 4.98 Å². The first-order valence-electron chi connectivity index (χ1n) is 4.85. The van der Waals surface area contributed by atoms with Gasteiger partial charge in [0.2, 0.25) is 0 Å². The summed E-state index contributed by atoms with van der Waals surface area (Å²) in [7, 11) is 0. The summed E-state index contributed by atoms with van der Waals surface area (Å²) in [5.41, 5.74) is 2.06. The van der Waals surface area contributed by atoms with Crippen molar-refractivity contribution in [1.29, 1.82) is 5.26 Å². The Morgan fingerprint density at radius 3 is 3.25 bits per heavy atom. The number of aromatic nitrogens is 2. The average molecular weight is 228 g/mol. The number of nitrogens with zero attached hydrogens (tertiary/aromatic N) is 2. The van der Waals surface area contributed by atoms with Crippen LogP contribution in [0.25, 0.3) is 0 Å². The van der Waals surface area contributed by atoms with E-state index in [9.17, 15) is 0 Å². The number of rotatable bonds is 1. The fourth-order valence-electron chi connectivity index (χ4n) is 1.65. The molecule has 1 aliphatic rings. The third kappa shape index (κ3) is 1.44. The molecule has 2 N–H and O–H groups in total. The summed E-state index contributed by atoms with van der Waals surface area (Å²) >= 11 is 1.63. The second kappa shape index (κ2) is 3.58. The van der Waals surface area contributed by atoms with E-state index >= 15 is 0 Å². The van der Waals surface area contributed by atoms with Crippen molar-refractivity contribution in [2.75, 3.05) is 5.32 Å². The molecule has 2 heterocycles. The summed E-state index contributed by atoms with van der Waals surface area (Å²) in [6.07, 6.45) is 2.11. The van der Waals surface area contributed by atoms with Gasteiger partial charge in [0.25, 0.3) is 0 Å². The van der Waals surface area contributed by atoms with Crippen LogP contribution in [0.5, 0.6) is 0 Å². The van der Waals surface area contributed by atoms with Gasteiger partial charge in [0, 0.05) is 4.90 Å². The predicted molar refractivity (Wildman–Crippen MR) is 61.8 cm³/mol. The standard InChI is InChI=1S/C11H8N4S/c12-4-3-7-1-2-9-8(5-7)15-10-11(16-9)14-6-13-10/h1-2,5-6,15H,3H2,(H,13,14). The second-order valence-corrected chi connectivity index (χ2v) is 4.51. The predicted octanol–water partition coefficient (Wildman–Crippen LogP) is 2.68. The Balaban J connectivity index is 2.01. The third-order valence-electron chi connectivity index (χ3n) is 2.40. The van der Waals surface area contributed by atoms with Crippen molar-refractivity contribution in [3.05, 3.63) is 30.1 Å². The lowest BCUT2D eigenvalue weighted by molar-refractivity contribution is 1.17. The molecule has 0 bridgehead atoms. The molecule has 0 saturated heterocycles. The highest BCUT2D eigenvalue weighted by atomic mass is 32.2. The first kappa shape index (κ1) is 9.31. The van der Waals surface area contributed by atoms with Crippen LogP contribution in [0.4, 0.5) is 11.5 Å². The fraction of sp³-hybridized carbons (Fsp3) is 0.0909. The molecular weight excluding hydrogens is 220 g/mol. The molecule has 1 aromatic heterocycles. The number of anilines is 2. The molecule has 3 rings (SSSR count). The number of benzene rings is 1. The van der Waals surface area contributed by atoms with Crippen molar-refractivity contribution < 1.29 is 0 Å². The molecule has 0 spiro atoms. The highest BCUT2D eigenvalue weighted by Crippen LogP contribution is 2.42. The molecule has 1 aromatic carbocycles. The van der Waals surface area contributed by atoms with Crippen molar-refractivity contribution in [2.45, 2.75) is 16.3 Å². The summed E-state index contributed by atoms with van der Waals surface area (Å²) in [6, 6.07) is 8.17. The van der Waals surface area contributed by atoms with Gasteiger partial charge in [0.1, 0.15) is 10.8 Å². The molecule has 0 amide bonds. The number of hydrogen-bond acceptors (Lipinski definition) is 4. The SMILES string of the molecule is N#CCc1ccc2c(c1)Nc1[nH]cnc1S2. The maximum absolute atomic E-state index is 8.66. The lowest BCUT2D eigenvalue weighted by Gasteiger charge is -2.16. The zero-order valence-electron chi connectivity index (χ0n) is 8.32. The highest BCUT2D eigenvalue weighted by molar-refractivity contribution is 7.99. The van der Waals surface area contributed by atoms with E-state index in [0.717, 1.165) is 27.0 Å².